The van der Waals surface area contributed by atoms with Crippen molar-refractivity contribution < 1.29 is 9.47 Å². The Morgan fingerprint density at radius 3 is 2.94 bits per heavy atom. The third-order valence-electron chi connectivity index (χ3n) is 3.12. The number of anilines is 1. The van der Waals surface area contributed by atoms with Crippen LogP contribution >= 0.6 is 11.6 Å². The van der Waals surface area contributed by atoms with Gasteiger partial charge in [-0.25, -0.2) is 0 Å². The van der Waals surface area contributed by atoms with E-state index in [4.69, 9.17) is 21.1 Å². The maximum Gasteiger partial charge on any atom is 0.138 e. The first-order chi connectivity index (χ1) is 8.70. The van der Waals surface area contributed by atoms with Crippen LogP contribution in [0.5, 0.6) is 5.75 Å². The van der Waals surface area contributed by atoms with E-state index in [1.165, 1.54) is 0 Å². The lowest BCUT2D eigenvalue weighted by molar-refractivity contribution is 0.121. The molecule has 1 aromatic carbocycles. The summed E-state index contributed by atoms with van der Waals surface area (Å²) < 4.78 is 11.1. The van der Waals surface area contributed by atoms with Crippen LogP contribution < -0.4 is 10.1 Å². The van der Waals surface area contributed by atoms with Gasteiger partial charge in [-0.3, -0.25) is 0 Å². The molecular weight excluding hydrogens is 250 g/mol. The van der Waals surface area contributed by atoms with Crippen molar-refractivity contribution in [1.82, 2.24) is 0 Å². The fourth-order valence-electron chi connectivity index (χ4n) is 2.06. The molecule has 1 N–H and O–H groups in total. The van der Waals surface area contributed by atoms with Crippen LogP contribution in [0.15, 0.2) is 18.2 Å². The Morgan fingerprint density at radius 1 is 1.50 bits per heavy atom. The number of ether oxygens (including phenoxy) is 2. The van der Waals surface area contributed by atoms with Gasteiger partial charge >= 0.3 is 0 Å². The molecule has 0 aromatic heterocycles. The van der Waals surface area contributed by atoms with Crippen molar-refractivity contribution in [2.75, 3.05) is 18.5 Å². The first-order valence-corrected chi connectivity index (χ1v) is 6.89. The largest absolute Gasteiger partial charge is 0.492 e. The molecule has 1 aliphatic rings. The first-order valence-electron chi connectivity index (χ1n) is 6.51. The summed E-state index contributed by atoms with van der Waals surface area (Å²) in [6, 6.07) is 6.20. The molecule has 0 radical (unpaired) electrons. The smallest absolute Gasteiger partial charge is 0.138 e. The summed E-state index contributed by atoms with van der Waals surface area (Å²) in [4.78, 5) is 0. The van der Waals surface area contributed by atoms with E-state index in [2.05, 4.69) is 19.2 Å². The number of nitrogens with one attached hydrogen (secondary N) is 1. The molecule has 100 valence electrons. The van der Waals surface area contributed by atoms with Gasteiger partial charge in [-0.1, -0.05) is 18.5 Å². The molecule has 1 saturated heterocycles. The molecule has 18 heavy (non-hydrogen) atoms. The van der Waals surface area contributed by atoms with Gasteiger partial charge in [0, 0.05) is 12.3 Å². The van der Waals surface area contributed by atoms with Gasteiger partial charge in [0.2, 0.25) is 0 Å². The Labute approximate surface area is 113 Å². The van der Waals surface area contributed by atoms with E-state index >= 15 is 0 Å². The van der Waals surface area contributed by atoms with E-state index < -0.39 is 0 Å². The monoisotopic (exact) mass is 269 g/mol. The van der Waals surface area contributed by atoms with Crippen molar-refractivity contribution in [3.8, 4) is 5.75 Å². The quantitative estimate of drug-likeness (QED) is 0.884. The second-order valence-electron chi connectivity index (χ2n) is 4.61. The third kappa shape index (κ3) is 3.30. The maximum atomic E-state index is 6.19. The molecule has 2 unspecified atom stereocenters. The predicted octanol–water partition coefficient (Wildman–Crippen LogP) is 3.72. The Hall–Kier alpha value is -0.930. The minimum absolute atomic E-state index is 0.250. The number of halogens is 1. The minimum Gasteiger partial charge on any atom is -0.492 e. The van der Waals surface area contributed by atoms with Crippen LogP contribution in [0.1, 0.15) is 26.7 Å². The molecular formula is C14H20ClNO2. The van der Waals surface area contributed by atoms with Crippen LogP contribution in [0.25, 0.3) is 0 Å². The van der Waals surface area contributed by atoms with Gasteiger partial charge < -0.3 is 14.8 Å². The lowest BCUT2D eigenvalue weighted by Crippen LogP contribution is -2.26. The summed E-state index contributed by atoms with van der Waals surface area (Å²) in [6.45, 7) is 5.68. The summed E-state index contributed by atoms with van der Waals surface area (Å²) in [5.41, 5.74) is 1.02. The molecule has 2 rings (SSSR count). The molecule has 1 fully saturated rings. The molecule has 0 bridgehead atoms. The Morgan fingerprint density at radius 2 is 2.33 bits per heavy atom. The molecule has 1 aromatic rings. The molecule has 0 spiro atoms. The third-order valence-corrected chi connectivity index (χ3v) is 3.42. The van der Waals surface area contributed by atoms with E-state index in [0.717, 1.165) is 30.9 Å². The molecule has 0 amide bonds. The molecule has 3 nitrogen and oxygen atoms in total. The van der Waals surface area contributed by atoms with E-state index in [1.54, 1.807) is 0 Å². The molecule has 1 heterocycles. The Kier molecular flexibility index (Phi) is 4.72. The lowest BCUT2D eigenvalue weighted by atomic mass is 10.1. The highest BCUT2D eigenvalue weighted by atomic mass is 35.5. The number of hydrogen-bond acceptors (Lipinski definition) is 3. The fraction of sp³-hybridized carbons (Fsp3) is 0.571. The van der Waals surface area contributed by atoms with Crippen LogP contribution in [0, 0.1) is 0 Å². The van der Waals surface area contributed by atoms with Gasteiger partial charge in [-0.15, -0.1) is 0 Å². The predicted molar refractivity (Wildman–Crippen MR) is 74.7 cm³/mol. The molecule has 0 saturated carbocycles. The average Bonchev–Trinajstić information content (AvgIpc) is 2.74. The lowest BCUT2D eigenvalue weighted by Gasteiger charge is -2.18. The summed E-state index contributed by atoms with van der Waals surface area (Å²) >= 11 is 6.19. The van der Waals surface area contributed by atoms with E-state index in [1.807, 2.05) is 18.2 Å². The number of hydrogen-bond donors (Lipinski definition) is 1. The van der Waals surface area contributed by atoms with Crippen molar-refractivity contribution in [1.29, 1.82) is 0 Å². The van der Waals surface area contributed by atoms with Crippen LogP contribution in [0.4, 0.5) is 5.69 Å². The number of benzene rings is 1. The fourth-order valence-corrected chi connectivity index (χ4v) is 2.29. The zero-order valence-electron chi connectivity index (χ0n) is 10.9. The summed E-state index contributed by atoms with van der Waals surface area (Å²) in [6.07, 6.45) is 2.26. The van der Waals surface area contributed by atoms with Crippen LogP contribution in [-0.4, -0.2) is 25.4 Å². The Balaban J connectivity index is 1.99. The second-order valence-corrected chi connectivity index (χ2v) is 5.02. The molecule has 4 heteroatoms. The van der Waals surface area contributed by atoms with Gasteiger partial charge in [0.25, 0.3) is 0 Å². The highest BCUT2D eigenvalue weighted by Gasteiger charge is 2.23. The first kappa shape index (κ1) is 13.5. The van der Waals surface area contributed by atoms with Crippen molar-refractivity contribution in [2.45, 2.75) is 38.8 Å². The van der Waals surface area contributed by atoms with E-state index in [0.29, 0.717) is 17.7 Å². The Bertz CT molecular complexity index is 397. The van der Waals surface area contributed by atoms with Crippen molar-refractivity contribution in [3.05, 3.63) is 23.2 Å². The molecule has 0 aliphatic carbocycles. The van der Waals surface area contributed by atoms with Gasteiger partial charge in [-0.05, 0) is 38.0 Å². The highest BCUT2D eigenvalue weighted by Crippen LogP contribution is 2.29. The van der Waals surface area contributed by atoms with Crippen molar-refractivity contribution in [2.24, 2.45) is 0 Å². The summed E-state index contributed by atoms with van der Waals surface area (Å²) in [7, 11) is 0. The molecule has 2 atom stereocenters. The highest BCUT2D eigenvalue weighted by molar-refractivity contribution is 6.32. The minimum atomic E-state index is 0.250. The van der Waals surface area contributed by atoms with E-state index in [-0.39, 0.29) is 6.10 Å². The van der Waals surface area contributed by atoms with Crippen LogP contribution in [0.3, 0.4) is 0 Å². The van der Waals surface area contributed by atoms with Gasteiger partial charge in [0.1, 0.15) is 5.75 Å². The zero-order valence-corrected chi connectivity index (χ0v) is 11.7. The van der Waals surface area contributed by atoms with Gasteiger partial charge in [0.05, 0.1) is 23.8 Å². The second kappa shape index (κ2) is 6.30. The van der Waals surface area contributed by atoms with Crippen LogP contribution in [-0.2, 0) is 4.74 Å². The summed E-state index contributed by atoms with van der Waals surface area (Å²) in [5, 5.41) is 4.10. The number of rotatable bonds is 5. The van der Waals surface area contributed by atoms with Gasteiger partial charge in [0.15, 0.2) is 0 Å². The average molecular weight is 270 g/mol. The zero-order chi connectivity index (χ0) is 13.0. The standard InChI is InChI=1S/C14H20ClNO2/c1-3-7-18-14-5-4-11(9-12(14)15)16-13-6-8-17-10(13)2/h4-5,9-10,13,16H,3,6-8H2,1-2H3. The van der Waals surface area contributed by atoms with Gasteiger partial charge in [-0.2, -0.15) is 0 Å². The normalized spacial score (nSPS) is 23.1. The van der Waals surface area contributed by atoms with E-state index in [9.17, 15) is 0 Å². The molecule has 1 aliphatic heterocycles. The maximum absolute atomic E-state index is 6.19. The SMILES string of the molecule is CCCOc1ccc(NC2CCOC2C)cc1Cl. The summed E-state index contributed by atoms with van der Waals surface area (Å²) in [5.74, 6) is 0.750. The van der Waals surface area contributed by atoms with Crippen molar-refractivity contribution in [3.63, 3.8) is 0 Å². The topological polar surface area (TPSA) is 30.5 Å². The van der Waals surface area contributed by atoms with Crippen LogP contribution in [0.2, 0.25) is 5.02 Å². The van der Waals surface area contributed by atoms with Crippen molar-refractivity contribution >= 4 is 17.3 Å².